The van der Waals surface area contributed by atoms with Crippen LogP contribution in [0, 0.1) is 0 Å². The van der Waals surface area contributed by atoms with E-state index in [1.54, 1.807) is 0 Å². The average molecular weight is 315 g/mol. The van der Waals surface area contributed by atoms with Crippen LogP contribution in [0.15, 0.2) is 72.8 Å². The van der Waals surface area contributed by atoms with Crippen LogP contribution in [0.3, 0.4) is 0 Å². The van der Waals surface area contributed by atoms with Crippen molar-refractivity contribution in [1.29, 1.82) is 0 Å². The van der Waals surface area contributed by atoms with Crippen LogP contribution in [0.2, 0.25) is 0 Å². The van der Waals surface area contributed by atoms with Crippen LogP contribution in [0.4, 0.5) is 0 Å². The monoisotopic (exact) mass is 314 g/mol. The quantitative estimate of drug-likeness (QED) is 0.338. The van der Waals surface area contributed by atoms with Crippen molar-refractivity contribution in [1.82, 2.24) is 0 Å². The fraction of sp³-hybridized carbons (Fsp3) is 0.0909. The third-order valence-electron chi connectivity index (χ3n) is 4.94. The van der Waals surface area contributed by atoms with Crippen molar-refractivity contribution in [2.45, 2.75) is 11.8 Å². The zero-order valence-corrected chi connectivity index (χ0v) is 13.3. The molecule has 4 aromatic carbocycles. The molecule has 0 bridgehead atoms. The fourth-order valence-electron chi connectivity index (χ4n) is 3.76. The Balaban J connectivity index is 1.76. The molecule has 1 heteroatoms. The molecule has 5 rings (SSSR count). The number of fused-ring (bicyclic) bond motifs is 4. The molecule has 0 amide bonds. The highest BCUT2D eigenvalue weighted by atomic mass is 35.5. The second-order valence-electron chi connectivity index (χ2n) is 6.34. The number of hydrogen-bond donors (Lipinski definition) is 0. The molecular weight excluding hydrogens is 300 g/mol. The van der Waals surface area contributed by atoms with E-state index in [-0.39, 0.29) is 5.38 Å². The molecule has 0 heterocycles. The van der Waals surface area contributed by atoms with Gasteiger partial charge in [0, 0.05) is 0 Å². The molecule has 23 heavy (non-hydrogen) atoms. The molecule has 0 N–H and O–H groups in total. The molecule has 0 aliphatic heterocycles. The number of halogens is 1. The van der Waals surface area contributed by atoms with Gasteiger partial charge in [0.2, 0.25) is 0 Å². The van der Waals surface area contributed by atoms with E-state index < -0.39 is 0 Å². The highest BCUT2D eigenvalue weighted by molar-refractivity contribution is 6.23. The molecule has 1 aliphatic rings. The number of alkyl halides is 1. The minimum Gasteiger partial charge on any atom is -0.113 e. The Morgan fingerprint density at radius 1 is 0.609 bits per heavy atom. The van der Waals surface area contributed by atoms with E-state index in [0.717, 1.165) is 6.42 Å². The Labute approximate surface area is 140 Å². The van der Waals surface area contributed by atoms with Crippen molar-refractivity contribution in [3.05, 3.63) is 95.1 Å². The number of hydrogen-bond acceptors (Lipinski definition) is 0. The summed E-state index contributed by atoms with van der Waals surface area (Å²) in [5.41, 5.74) is 5.22. The molecule has 110 valence electrons. The van der Waals surface area contributed by atoms with Gasteiger partial charge in [-0.2, -0.15) is 0 Å². The van der Waals surface area contributed by atoms with E-state index in [4.69, 9.17) is 11.6 Å². The van der Waals surface area contributed by atoms with Gasteiger partial charge in [-0.3, -0.25) is 0 Å². The molecule has 0 saturated heterocycles. The van der Waals surface area contributed by atoms with E-state index in [0.29, 0.717) is 0 Å². The van der Waals surface area contributed by atoms with Gasteiger partial charge in [-0.25, -0.2) is 0 Å². The summed E-state index contributed by atoms with van der Waals surface area (Å²) in [5, 5.41) is 5.05. The van der Waals surface area contributed by atoms with Gasteiger partial charge >= 0.3 is 0 Å². The van der Waals surface area contributed by atoms with Crippen LogP contribution in [0.25, 0.3) is 21.5 Å². The Bertz CT molecular complexity index is 977. The lowest BCUT2D eigenvalue weighted by molar-refractivity contribution is 0.986. The van der Waals surface area contributed by atoms with Crippen LogP contribution in [0.5, 0.6) is 0 Å². The second kappa shape index (κ2) is 4.84. The summed E-state index contributed by atoms with van der Waals surface area (Å²) in [5.74, 6) is 0. The third-order valence-corrected chi connectivity index (χ3v) is 5.41. The van der Waals surface area contributed by atoms with Crippen molar-refractivity contribution in [2.75, 3.05) is 0 Å². The van der Waals surface area contributed by atoms with Crippen LogP contribution in [-0.4, -0.2) is 0 Å². The average Bonchev–Trinajstić information content (AvgIpc) is 2.59. The first kappa shape index (κ1) is 13.2. The summed E-state index contributed by atoms with van der Waals surface area (Å²) in [7, 11) is 0. The van der Waals surface area contributed by atoms with Crippen LogP contribution >= 0.6 is 11.6 Å². The molecular formula is C22H15Cl. The first-order valence-electron chi connectivity index (χ1n) is 7.97. The summed E-state index contributed by atoms with van der Waals surface area (Å²) >= 11 is 6.88. The van der Waals surface area contributed by atoms with Crippen LogP contribution in [-0.2, 0) is 6.42 Å². The Morgan fingerprint density at radius 2 is 1.00 bits per heavy atom. The maximum absolute atomic E-state index is 6.88. The van der Waals surface area contributed by atoms with E-state index >= 15 is 0 Å². The molecule has 0 fully saturated rings. The van der Waals surface area contributed by atoms with E-state index in [1.165, 1.54) is 43.8 Å². The van der Waals surface area contributed by atoms with E-state index in [9.17, 15) is 0 Å². The Morgan fingerprint density at radius 3 is 1.43 bits per heavy atom. The highest BCUT2D eigenvalue weighted by Crippen LogP contribution is 2.42. The van der Waals surface area contributed by atoms with Gasteiger partial charge in [0.1, 0.15) is 0 Å². The first-order chi connectivity index (χ1) is 11.3. The lowest BCUT2D eigenvalue weighted by atomic mass is 9.83. The predicted molar refractivity (Wildman–Crippen MR) is 98.4 cm³/mol. The van der Waals surface area contributed by atoms with Gasteiger partial charge in [-0.05, 0) is 62.4 Å². The lowest BCUT2D eigenvalue weighted by Crippen LogP contribution is -2.10. The molecule has 4 aromatic rings. The fourth-order valence-corrected chi connectivity index (χ4v) is 4.17. The highest BCUT2D eigenvalue weighted by Gasteiger charge is 2.24. The van der Waals surface area contributed by atoms with Gasteiger partial charge in [-0.1, -0.05) is 60.7 Å². The molecule has 0 radical (unpaired) electrons. The number of rotatable bonds is 0. The minimum absolute atomic E-state index is 0.0667. The van der Waals surface area contributed by atoms with Crippen molar-refractivity contribution in [2.24, 2.45) is 0 Å². The third kappa shape index (κ3) is 1.99. The summed E-state index contributed by atoms with van der Waals surface area (Å²) in [4.78, 5) is 0. The summed E-state index contributed by atoms with van der Waals surface area (Å²) < 4.78 is 0. The summed E-state index contributed by atoms with van der Waals surface area (Å²) in [6.07, 6.45) is 0.962. The van der Waals surface area contributed by atoms with Gasteiger partial charge in [0.25, 0.3) is 0 Å². The normalized spacial score (nSPS) is 14.0. The maximum Gasteiger partial charge on any atom is 0.0841 e. The molecule has 0 atom stereocenters. The smallest absolute Gasteiger partial charge is 0.0841 e. The standard InChI is InChI=1S/C22H15Cl/c23-22-20-12-16-7-3-1-5-14(16)9-18(20)11-19-10-15-6-2-4-8-17(15)13-21(19)22/h1-10,12-13,22H,11H2. The van der Waals surface area contributed by atoms with E-state index in [2.05, 4.69) is 72.8 Å². The van der Waals surface area contributed by atoms with Crippen LogP contribution < -0.4 is 0 Å². The molecule has 0 aromatic heterocycles. The lowest BCUT2D eigenvalue weighted by Gasteiger charge is -2.25. The van der Waals surface area contributed by atoms with Crippen molar-refractivity contribution in [3.63, 3.8) is 0 Å². The SMILES string of the molecule is ClC1c2cc3ccccc3cc2Cc2cc3ccccc3cc21. The van der Waals surface area contributed by atoms with Gasteiger partial charge in [0.15, 0.2) is 0 Å². The molecule has 0 unspecified atom stereocenters. The molecule has 1 aliphatic carbocycles. The molecule has 0 saturated carbocycles. The number of benzene rings is 4. The van der Waals surface area contributed by atoms with E-state index in [1.807, 2.05) is 0 Å². The topological polar surface area (TPSA) is 0 Å². The largest absolute Gasteiger partial charge is 0.113 e. The first-order valence-corrected chi connectivity index (χ1v) is 8.40. The zero-order valence-electron chi connectivity index (χ0n) is 12.6. The van der Waals surface area contributed by atoms with Gasteiger partial charge in [-0.15, -0.1) is 11.6 Å². The van der Waals surface area contributed by atoms with Crippen LogP contribution in [0.1, 0.15) is 27.6 Å². The van der Waals surface area contributed by atoms with Gasteiger partial charge < -0.3 is 0 Å². The summed E-state index contributed by atoms with van der Waals surface area (Å²) in [6, 6.07) is 26.2. The second-order valence-corrected chi connectivity index (χ2v) is 6.77. The Hall–Kier alpha value is -2.31. The zero-order chi connectivity index (χ0) is 15.4. The molecule has 0 nitrogen and oxygen atoms in total. The maximum atomic E-state index is 6.88. The predicted octanol–water partition coefficient (Wildman–Crippen LogP) is 6.23. The molecule has 0 spiro atoms. The summed E-state index contributed by atoms with van der Waals surface area (Å²) in [6.45, 7) is 0. The van der Waals surface area contributed by atoms with Crippen molar-refractivity contribution in [3.8, 4) is 0 Å². The van der Waals surface area contributed by atoms with Crippen molar-refractivity contribution >= 4 is 33.1 Å². The van der Waals surface area contributed by atoms with Gasteiger partial charge in [0.05, 0.1) is 5.38 Å². The minimum atomic E-state index is -0.0667. The Kier molecular flexibility index (Phi) is 2.77. The van der Waals surface area contributed by atoms with Crippen molar-refractivity contribution < 1.29 is 0 Å².